The first-order chi connectivity index (χ1) is 10.4. The van der Waals surface area contributed by atoms with E-state index in [2.05, 4.69) is 17.4 Å². The van der Waals surface area contributed by atoms with Gasteiger partial charge in [0.2, 0.25) is 5.91 Å². The largest absolute Gasteiger partial charge is 0.378 e. The quantitative estimate of drug-likeness (QED) is 0.876. The topological polar surface area (TPSA) is 64.3 Å². The number of amides is 1. The molecule has 0 aliphatic heterocycles. The lowest BCUT2D eigenvalue weighted by molar-refractivity contribution is -0.170. The van der Waals surface area contributed by atoms with Gasteiger partial charge in [-0.05, 0) is 18.9 Å². The summed E-state index contributed by atoms with van der Waals surface area (Å²) in [5.41, 5.74) is 6.55. The van der Waals surface area contributed by atoms with E-state index >= 15 is 0 Å². The van der Waals surface area contributed by atoms with Crippen LogP contribution in [0.3, 0.4) is 0 Å². The first-order valence-corrected chi connectivity index (χ1v) is 8.16. The molecule has 1 aromatic carbocycles. The number of hydrogen-bond donors (Lipinski definition) is 2. The van der Waals surface area contributed by atoms with Gasteiger partial charge in [-0.15, -0.1) is 0 Å². The second kappa shape index (κ2) is 5.36. The third kappa shape index (κ3) is 2.34. The Morgan fingerprint density at radius 1 is 1.36 bits per heavy atom. The van der Waals surface area contributed by atoms with Gasteiger partial charge in [0.1, 0.15) is 5.54 Å². The van der Waals surface area contributed by atoms with Crippen LogP contribution in [-0.2, 0) is 9.53 Å². The molecule has 0 saturated heterocycles. The molecule has 3 rings (SSSR count). The van der Waals surface area contributed by atoms with Crippen molar-refractivity contribution in [3.63, 3.8) is 0 Å². The second-order valence-electron chi connectivity index (χ2n) is 7.17. The third-order valence-corrected chi connectivity index (χ3v) is 5.57. The molecule has 4 atom stereocenters. The van der Waals surface area contributed by atoms with Crippen molar-refractivity contribution in [1.29, 1.82) is 0 Å². The summed E-state index contributed by atoms with van der Waals surface area (Å²) in [6.07, 6.45) is 1.67. The van der Waals surface area contributed by atoms with Gasteiger partial charge in [-0.3, -0.25) is 4.79 Å². The summed E-state index contributed by atoms with van der Waals surface area (Å²) < 4.78 is 5.69. The van der Waals surface area contributed by atoms with Crippen LogP contribution in [0.4, 0.5) is 0 Å². The summed E-state index contributed by atoms with van der Waals surface area (Å²) in [6, 6.07) is 10.6. The molecule has 1 aromatic rings. The van der Waals surface area contributed by atoms with E-state index in [1.54, 1.807) is 0 Å². The lowest BCUT2D eigenvalue weighted by Crippen LogP contribution is -2.76. The zero-order chi connectivity index (χ0) is 16.0. The molecular formula is C18H26N2O2. The molecule has 2 aliphatic rings. The van der Waals surface area contributed by atoms with Crippen molar-refractivity contribution in [2.24, 2.45) is 11.1 Å². The summed E-state index contributed by atoms with van der Waals surface area (Å²) in [5.74, 6) is 0.400. The molecule has 22 heavy (non-hydrogen) atoms. The fourth-order valence-electron chi connectivity index (χ4n) is 3.54. The van der Waals surface area contributed by atoms with Gasteiger partial charge in [0, 0.05) is 30.4 Å². The molecule has 0 spiro atoms. The molecule has 0 bridgehead atoms. The Bertz CT molecular complexity index is 557. The van der Waals surface area contributed by atoms with Gasteiger partial charge in [0.25, 0.3) is 0 Å². The van der Waals surface area contributed by atoms with Crippen molar-refractivity contribution < 1.29 is 9.53 Å². The normalized spacial score (nSPS) is 35.5. The minimum atomic E-state index is -0.823. The maximum Gasteiger partial charge on any atom is 0.241 e. The molecular weight excluding hydrogens is 276 g/mol. The third-order valence-electron chi connectivity index (χ3n) is 5.57. The monoisotopic (exact) mass is 302 g/mol. The van der Waals surface area contributed by atoms with Crippen LogP contribution >= 0.6 is 0 Å². The Balaban J connectivity index is 1.60. The number of carbonyl (C=O) groups excluding carboxylic acids is 1. The number of hydrogen-bond acceptors (Lipinski definition) is 3. The number of rotatable bonds is 5. The SMILES string of the molecule is CCOC1CC(N)(C(=O)NC2CC2c2ccccc2)C1(C)C. The minimum Gasteiger partial charge on any atom is -0.378 e. The summed E-state index contributed by atoms with van der Waals surface area (Å²) in [4.78, 5) is 12.6. The van der Waals surface area contributed by atoms with Crippen molar-refractivity contribution in [3.05, 3.63) is 35.9 Å². The zero-order valence-electron chi connectivity index (χ0n) is 13.6. The fourth-order valence-corrected chi connectivity index (χ4v) is 3.54. The highest BCUT2D eigenvalue weighted by Gasteiger charge is 2.63. The molecule has 3 N–H and O–H groups in total. The van der Waals surface area contributed by atoms with E-state index in [0.717, 1.165) is 6.42 Å². The average Bonchev–Trinajstić information content (AvgIpc) is 3.27. The van der Waals surface area contributed by atoms with Crippen LogP contribution in [0.25, 0.3) is 0 Å². The van der Waals surface area contributed by atoms with Crippen LogP contribution < -0.4 is 11.1 Å². The first kappa shape index (κ1) is 15.5. The molecule has 0 aromatic heterocycles. The van der Waals surface area contributed by atoms with E-state index in [-0.39, 0.29) is 23.5 Å². The number of nitrogens with one attached hydrogen (secondary N) is 1. The minimum absolute atomic E-state index is 0.0307. The number of carbonyl (C=O) groups is 1. The van der Waals surface area contributed by atoms with Crippen LogP contribution in [0.1, 0.15) is 45.1 Å². The lowest BCUT2D eigenvalue weighted by Gasteiger charge is -2.57. The predicted octanol–water partition coefficient (Wildman–Crippen LogP) is 2.19. The van der Waals surface area contributed by atoms with E-state index in [9.17, 15) is 4.79 Å². The van der Waals surface area contributed by atoms with Gasteiger partial charge in [0.05, 0.1) is 6.10 Å². The lowest BCUT2D eigenvalue weighted by atomic mass is 9.54. The fraction of sp³-hybridized carbons (Fsp3) is 0.611. The van der Waals surface area contributed by atoms with E-state index in [1.807, 2.05) is 39.0 Å². The Kier molecular flexibility index (Phi) is 3.77. The maximum atomic E-state index is 12.6. The Hall–Kier alpha value is -1.39. The molecule has 4 nitrogen and oxygen atoms in total. The number of nitrogens with two attached hydrogens (primary N) is 1. The first-order valence-electron chi connectivity index (χ1n) is 8.16. The van der Waals surface area contributed by atoms with Crippen molar-refractivity contribution in [1.82, 2.24) is 5.32 Å². The molecule has 2 fully saturated rings. The van der Waals surface area contributed by atoms with Gasteiger partial charge in [-0.25, -0.2) is 0 Å². The van der Waals surface area contributed by atoms with Crippen molar-refractivity contribution in [3.8, 4) is 0 Å². The number of benzene rings is 1. The van der Waals surface area contributed by atoms with Crippen molar-refractivity contribution in [2.75, 3.05) is 6.61 Å². The zero-order valence-corrected chi connectivity index (χ0v) is 13.6. The van der Waals surface area contributed by atoms with Crippen LogP contribution in [0.5, 0.6) is 0 Å². The second-order valence-corrected chi connectivity index (χ2v) is 7.17. The Morgan fingerprint density at radius 2 is 2.05 bits per heavy atom. The van der Waals surface area contributed by atoms with Gasteiger partial charge < -0.3 is 15.8 Å². The molecule has 0 radical (unpaired) electrons. The highest BCUT2D eigenvalue weighted by Crippen LogP contribution is 2.50. The van der Waals surface area contributed by atoms with E-state index in [1.165, 1.54) is 5.56 Å². The average molecular weight is 302 g/mol. The van der Waals surface area contributed by atoms with E-state index in [0.29, 0.717) is 18.9 Å². The molecule has 4 heteroatoms. The highest BCUT2D eigenvalue weighted by atomic mass is 16.5. The number of ether oxygens (including phenoxy) is 1. The van der Waals surface area contributed by atoms with Crippen LogP contribution in [0.15, 0.2) is 30.3 Å². The molecule has 0 heterocycles. The van der Waals surface area contributed by atoms with Gasteiger partial charge in [-0.1, -0.05) is 44.2 Å². The van der Waals surface area contributed by atoms with Crippen LogP contribution in [0, 0.1) is 5.41 Å². The van der Waals surface area contributed by atoms with Gasteiger partial charge >= 0.3 is 0 Å². The molecule has 1 amide bonds. The Morgan fingerprint density at radius 3 is 2.64 bits per heavy atom. The van der Waals surface area contributed by atoms with Crippen molar-refractivity contribution >= 4 is 5.91 Å². The Labute approximate surface area is 132 Å². The standard InChI is InChI=1S/C18H26N2O2/c1-4-22-15-11-18(19,17(15,2)3)16(21)20-14-10-13(14)12-8-6-5-7-9-12/h5-9,13-15H,4,10-11,19H2,1-3H3,(H,20,21). The van der Waals surface area contributed by atoms with Crippen molar-refractivity contribution in [2.45, 2.75) is 57.2 Å². The molecule has 120 valence electrons. The summed E-state index contributed by atoms with van der Waals surface area (Å²) in [6.45, 7) is 6.68. The summed E-state index contributed by atoms with van der Waals surface area (Å²) in [7, 11) is 0. The molecule has 2 saturated carbocycles. The van der Waals surface area contributed by atoms with E-state index < -0.39 is 5.54 Å². The van der Waals surface area contributed by atoms with Gasteiger partial charge in [0.15, 0.2) is 0 Å². The van der Waals surface area contributed by atoms with E-state index in [4.69, 9.17) is 10.5 Å². The predicted molar refractivity (Wildman–Crippen MR) is 86.5 cm³/mol. The smallest absolute Gasteiger partial charge is 0.241 e. The molecule has 2 aliphatic carbocycles. The highest BCUT2D eigenvalue weighted by molar-refractivity contribution is 5.89. The van der Waals surface area contributed by atoms with Crippen LogP contribution in [0.2, 0.25) is 0 Å². The summed E-state index contributed by atoms with van der Waals surface area (Å²) >= 11 is 0. The maximum absolute atomic E-state index is 12.6. The summed E-state index contributed by atoms with van der Waals surface area (Å²) in [5, 5.41) is 3.14. The molecule has 4 unspecified atom stereocenters. The van der Waals surface area contributed by atoms with Gasteiger partial charge in [-0.2, -0.15) is 0 Å². The van der Waals surface area contributed by atoms with Crippen LogP contribution in [-0.4, -0.2) is 30.2 Å².